The van der Waals surface area contributed by atoms with Gasteiger partial charge in [-0.1, -0.05) is 6.08 Å². The molecule has 0 aromatic heterocycles. The Morgan fingerprint density at radius 2 is 1.88 bits per heavy atom. The van der Waals surface area contributed by atoms with Crippen LogP contribution < -0.4 is 0 Å². The molecular weight excluding hydrogens is 202 g/mol. The third-order valence-electron chi connectivity index (χ3n) is 2.99. The zero-order chi connectivity index (χ0) is 12.0. The molecule has 16 heavy (non-hydrogen) atoms. The van der Waals surface area contributed by atoms with E-state index in [0.717, 1.165) is 39.1 Å². The van der Waals surface area contributed by atoms with Crippen LogP contribution in [0.15, 0.2) is 11.8 Å². The number of nitrogens with one attached hydrogen (secondary N) is 1. The van der Waals surface area contributed by atoms with Crippen molar-refractivity contribution in [3.05, 3.63) is 11.8 Å². The van der Waals surface area contributed by atoms with Gasteiger partial charge in [0, 0.05) is 50.6 Å². The van der Waals surface area contributed by atoms with E-state index < -0.39 is 0 Å². The number of rotatable bonds is 5. The molecule has 1 rings (SSSR count). The molecule has 1 aliphatic heterocycles. The summed E-state index contributed by atoms with van der Waals surface area (Å²) in [5, 5.41) is 16.2. The monoisotopic (exact) mass is 225 g/mol. The predicted octanol–water partition coefficient (Wildman–Crippen LogP) is 0.930. The minimum atomic E-state index is 0.252. The van der Waals surface area contributed by atoms with Gasteiger partial charge < -0.3 is 15.4 Å². The Labute approximate surface area is 98.1 Å². The number of aliphatic hydroxyl groups is 1. The van der Waals surface area contributed by atoms with Crippen LogP contribution in [0.3, 0.4) is 0 Å². The lowest BCUT2D eigenvalue weighted by molar-refractivity contribution is 0.132. The van der Waals surface area contributed by atoms with Crippen LogP contribution in [0.2, 0.25) is 0 Å². The third-order valence-corrected chi connectivity index (χ3v) is 2.99. The minimum Gasteiger partial charge on any atom is -0.395 e. The van der Waals surface area contributed by atoms with Crippen LogP contribution in [0.25, 0.3) is 0 Å². The number of aliphatic hydroxyl groups excluding tert-OH is 1. The standard InChI is InChI=1S/C12H23N3O/c1-11(13)3-4-12(2)15-7-5-14(6-8-15)9-10-16/h4,13,16H,3,5-10H2,1-2H3/b12-4+,13-11?. The second-order valence-electron chi connectivity index (χ2n) is 4.38. The maximum atomic E-state index is 8.85. The highest BCUT2D eigenvalue weighted by Crippen LogP contribution is 2.09. The van der Waals surface area contributed by atoms with Crippen molar-refractivity contribution in [2.45, 2.75) is 20.3 Å². The van der Waals surface area contributed by atoms with E-state index in [1.807, 2.05) is 6.92 Å². The Balaban J connectivity index is 2.35. The molecule has 4 heteroatoms. The number of allylic oxidation sites excluding steroid dienone is 2. The Morgan fingerprint density at radius 1 is 1.25 bits per heavy atom. The summed E-state index contributed by atoms with van der Waals surface area (Å²) >= 11 is 0. The zero-order valence-corrected chi connectivity index (χ0v) is 10.4. The molecule has 0 aromatic carbocycles. The molecule has 0 aliphatic carbocycles. The van der Waals surface area contributed by atoms with Gasteiger partial charge in [0.25, 0.3) is 0 Å². The largest absolute Gasteiger partial charge is 0.395 e. The van der Waals surface area contributed by atoms with Crippen LogP contribution in [0.5, 0.6) is 0 Å². The highest BCUT2D eigenvalue weighted by Gasteiger charge is 2.15. The van der Waals surface area contributed by atoms with Crippen LogP contribution >= 0.6 is 0 Å². The van der Waals surface area contributed by atoms with Gasteiger partial charge in [-0.3, -0.25) is 4.90 Å². The van der Waals surface area contributed by atoms with E-state index >= 15 is 0 Å². The number of hydrogen-bond donors (Lipinski definition) is 2. The van der Waals surface area contributed by atoms with Gasteiger partial charge in [-0.2, -0.15) is 0 Å². The molecular formula is C12H23N3O. The second-order valence-corrected chi connectivity index (χ2v) is 4.38. The maximum absolute atomic E-state index is 8.85. The molecule has 1 saturated heterocycles. The predicted molar refractivity (Wildman–Crippen MR) is 66.9 cm³/mol. The molecule has 0 bridgehead atoms. The van der Waals surface area contributed by atoms with Crippen LogP contribution in [-0.2, 0) is 0 Å². The van der Waals surface area contributed by atoms with Gasteiger partial charge in [-0.05, 0) is 13.8 Å². The molecule has 0 saturated carbocycles. The molecule has 2 N–H and O–H groups in total. The summed E-state index contributed by atoms with van der Waals surface area (Å²) < 4.78 is 0. The van der Waals surface area contributed by atoms with E-state index in [4.69, 9.17) is 10.5 Å². The van der Waals surface area contributed by atoms with E-state index in [2.05, 4.69) is 22.8 Å². The fourth-order valence-electron chi connectivity index (χ4n) is 1.90. The number of piperazine rings is 1. The normalized spacial score (nSPS) is 18.9. The van der Waals surface area contributed by atoms with Crippen LogP contribution in [0, 0.1) is 5.41 Å². The van der Waals surface area contributed by atoms with E-state index in [0.29, 0.717) is 5.71 Å². The van der Waals surface area contributed by atoms with Gasteiger partial charge in [-0.25, -0.2) is 0 Å². The SMILES string of the molecule is CC(=N)C/C=C(\C)N1CCN(CCO)CC1. The Hall–Kier alpha value is -0.870. The Kier molecular flexibility index (Phi) is 5.49. The molecule has 92 valence electrons. The Morgan fingerprint density at radius 3 is 2.38 bits per heavy atom. The van der Waals surface area contributed by atoms with Crippen molar-refractivity contribution in [1.82, 2.24) is 9.80 Å². The molecule has 0 amide bonds. The Bertz CT molecular complexity index is 255. The quantitative estimate of drug-likeness (QED) is 0.684. The summed E-state index contributed by atoms with van der Waals surface area (Å²) in [6.45, 7) is 9.09. The average molecular weight is 225 g/mol. The fraction of sp³-hybridized carbons (Fsp3) is 0.750. The minimum absolute atomic E-state index is 0.252. The van der Waals surface area contributed by atoms with Crippen molar-refractivity contribution >= 4 is 5.71 Å². The first-order valence-electron chi connectivity index (χ1n) is 5.92. The molecule has 1 fully saturated rings. The highest BCUT2D eigenvalue weighted by atomic mass is 16.3. The van der Waals surface area contributed by atoms with Gasteiger partial charge in [0.15, 0.2) is 0 Å². The van der Waals surface area contributed by atoms with Crippen molar-refractivity contribution in [2.24, 2.45) is 0 Å². The zero-order valence-electron chi connectivity index (χ0n) is 10.4. The van der Waals surface area contributed by atoms with Crippen molar-refractivity contribution < 1.29 is 5.11 Å². The van der Waals surface area contributed by atoms with E-state index in [9.17, 15) is 0 Å². The topological polar surface area (TPSA) is 50.6 Å². The second kappa shape index (κ2) is 6.66. The van der Waals surface area contributed by atoms with Gasteiger partial charge in [0.05, 0.1) is 6.61 Å². The van der Waals surface area contributed by atoms with Crippen LogP contribution in [0.1, 0.15) is 20.3 Å². The smallest absolute Gasteiger partial charge is 0.0558 e. The number of hydrogen-bond acceptors (Lipinski definition) is 4. The van der Waals surface area contributed by atoms with Crippen molar-refractivity contribution in [1.29, 1.82) is 5.41 Å². The van der Waals surface area contributed by atoms with E-state index in [-0.39, 0.29) is 6.61 Å². The average Bonchev–Trinajstić information content (AvgIpc) is 2.27. The van der Waals surface area contributed by atoms with Crippen LogP contribution in [0.4, 0.5) is 0 Å². The molecule has 1 aliphatic rings. The first-order chi connectivity index (χ1) is 7.63. The molecule has 1 heterocycles. The summed E-state index contributed by atoms with van der Waals surface area (Å²) in [6, 6.07) is 0. The first-order valence-corrected chi connectivity index (χ1v) is 5.92. The molecule has 0 spiro atoms. The van der Waals surface area contributed by atoms with Crippen LogP contribution in [-0.4, -0.2) is 59.9 Å². The molecule has 0 radical (unpaired) electrons. The van der Waals surface area contributed by atoms with Crippen molar-refractivity contribution in [2.75, 3.05) is 39.3 Å². The fourth-order valence-corrected chi connectivity index (χ4v) is 1.90. The van der Waals surface area contributed by atoms with Crippen molar-refractivity contribution in [3.63, 3.8) is 0 Å². The summed E-state index contributed by atoms with van der Waals surface area (Å²) in [7, 11) is 0. The lowest BCUT2D eigenvalue weighted by atomic mass is 10.2. The summed E-state index contributed by atoms with van der Waals surface area (Å²) in [6.07, 6.45) is 2.88. The third kappa shape index (κ3) is 4.33. The summed E-state index contributed by atoms with van der Waals surface area (Å²) in [4.78, 5) is 4.64. The molecule has 0 atom stereocenters. The number of β-amino-alcohol motifs (C(OH)–C–C–N with tert-alkyl or cyclic N) is 1. The summed E-state index contributed by atoms with van der Waals surface area (Å²) in [5.74, 6) is 0. The molecule has 4 nitrogen and oxygen atoms in total. The number of nitrogens with zero attached hydrogens (tertiary/aromatic N) is 2. The van der Waals surface area contributed by atoms with Gasteiger partial charge in [0.1, 0.15) is 0 Å². The molecule has 0 aromatic rings. The lowest BCUT2D eigenvalue weighted by Gasteiger charge is -2.36. The van der Waals surface area contributed by atoms with Gasteiger partial charge in [0.2, 0.25) is 0 Å². The van der Waals surface area contributed by atoms with Gasteiger partial charge >= 0.3 is 0 Å². The maximum Gasteiger partial charge on any atom is 0.0558 e. The first kappa shape index (κ1) is 13.2. The van der Waals surface area contributed by atoms with Gasteiger partial charge in [-0.15, -0.1) is 0 Å². The summed E-state index contributed by atoms with van der Waals surface area (Å²) in [5.41, 5.74) is 1.98. The molecule has 0 unspecified atom stereocenters. The van der Waals surface area contributed by atoms with Crippen molar-refractivity contribution in [3.8, 4) is 0 Å². The van der Waals surface area contributed by atoms with E-state index in [1.165, 1.54) is 5.70 Å². The highest BCUT2D eigenvalue weighted by molar-refractivity contribution is 5.79. The lowest BCUT2D eigenvalue weighted by Crippen LogP contribution is -2.46. The van der Waals surface area contributed by atoms with E-state index in [1.54, 1.807) is 0 Å².